The molecule has 18 heavy (non-hydrogen) atoms. The molecule has 0 aliphatic carbocycles. The molecule has 1 atom stereocenters. The lowest BCUT2D eigenvalue weighted by Crippen LogP contribution is -2.10. The highest BCUT2D eigenvalue weighted by Crippen LogP contribution is 2.28. The van der Waals surface area contributed by atoms with Crippen molar-refractivity contribution in [3.8, 4) is 5.75 Å². The van der Waals surface area contributed by atoms with Crippen LogP contribution in [0.15, 0.2) is 18.2 Å². The molecule has 2 rings (SSSR count). The van der Waals surface area contributed by atoms with Crippen molar-refractivity contribution in [1.82, 2.24) is 0 Å². The molecule has 98 valence electrons. The molecule has 1 aromatic carbocycles. The van der Waals surface area contributed by atoms with Crippen LogP contribution in [0.1, 0.15) is 19.3 Å². The maximum absolute atomic E-state index is 10.6. The number of hydrogen-bond acceptors (Lipinski definition) is 4. The van der Waals surface area contributed by atoms with E-state index >= 15 is 0 Å². The summed E-state index contributed by atoms with van der Waals surface area (Å²) >= 11 is 5.78. The number of nitro benzene ring substituents is 1. The third-order valence-corrected chi connectivity index (χ3v) is 3.15. The van der Waals surface area contributed by atoms with E-state index in [1.165, 1.54) is 12.1 Å². The summed E-state index contributed by atoms with van der Waals surface area (Å²) in [7, 11) is 0. The van der Waals surface area contributed by atoms with E-state index in [0.29, 0.717) is 12.4 Å². The minimum atomic E-state index is -0.515. The molecule has 6 heteroatoms. The monoisotopic (exact) mass is 271 g/mol. The molecule has 0 saturated carbocycles. The van der Waals surface area contributed by atoms with Crippen LogP contribution in [-0.2, 0) is 4.74 Å². The minimum absolute atomic E-state index is 0.0922. The van der Waals surface area contributed by atoms with Gasteiger partial charge in [-0.3, -0.25) is 10.1 Å². The Morgan fingerprint density at radius 3 is 3.00 bits per heavy atom. The summed E-state index contributed by atoms with van der Waals surface area (Å²) in [4.78, 5) is 10.1. The van der Waals surface area contributed by atoms with Gasteiger partial charge in [0.15, 0.2) is 0 Å². The van der Waals surface area contributed by atoms with Gasteiger partial charge in [-0.15, -0.1) is 0 Å². The molecule has 0 N–H and O–H groups in total. The standard InChI is InChI=1S/C12H14ClNO4/c13-11-8-10(3-4-12(11)14(15)16)18-7-5-9-2-1-6-17-9/h3-4,8-9H,1-2,5-7H2. The minimum Gasteiger partial charge on any atom is -0.493 e. The second kappa shape index (κ2) is 6.02. The van der Waals surface area contributed by atoms with Crippen LogP contribution >= 0.6 is 11.6 Å². The van der Waals surface area contributed by atoms with Gasteiger partial charge in [-0.05, 0) is 18.9 Å². The Kier molecular flexibility index (Phi) is 4.38. The van der Waals surface area contributed by atoms with Gasteiger partial charge in [-0.2, -0.15) is 0 Å². The molecule has 0 bridgehead atoms. The van der Waals surface area contributed by atoms with Crippen molar-refractivity contribution in [2.45, 2.75) is 25.4 Å². The molecule has 0 spiro atoms. The van der Waals surface area contributed by atoms with Gasteiger partial charge >= 0.3 is 0 Å². The zero-order valence-corrected chi connectivity index (χ0v) is 10.6. The first-order valence-electron chi connectivity index (χ1n) is 5.85. The number of halogens is 1. The van der Waals surface area contributed by atoms with Crippen LogP contribution in [0.3, 0.4) is 0 Å². The topological polar surface area (TPSA) is 61.6 Å². The fourth-order valence-electron chi connectivity index (χ4n) is 1.91. The highest BCUT2D eigenvalue weighted by Gasteiger charge is 2.16. The van der Waals surface area contributed by atoms with Crippen LogP contribution in [0.5, 0.6) is 5.75 Å². The molecule has 1 saturated heterocycles. The molecule has 1 aliphatic heterocycles. The zero-order chi connectivity index (χ0) is 13.0. The molecule has 1 unspecified atom stereocenters. The normalized spacial score (nSPS) is 18.8. The van der Waals surface area contributed by atoms with E-state index in [1.807, 2.05) is 0 Å². The first-order valence-corrected chi connectivity index (χ1v) is 6.23. The fraction of sp³-hybridized carbons (Fsp3) is 0.500. The van der Waals surface area contributed by atoms with Crippen LogP contribution in [0.25, 0.3) is 0 Å². The molecule has 5 nitrogen and oxygen atoms in total. The Morgan fingerprint density at radius 2 is 2.39 bits per heavy atom. The summed E-state index contributed by atoms with van der Waals surface area (Å²) in [6, 6.07) is 4.37. The Hall–Kier alpha value is -1.33. The van der Waals surface area contributed by atoms with E-state index in [-0.39, 0.29) is 16.8 Å². The highest BCUT2D eigenvalue weighted by molar-refractivity contribution is 6.32. The van der Waals surface area contributed by atoms with Crippen molar-refractivity contribution >= 4 is 17.3 Å². The molecular weight excluding hydrogens is 258 g/mol. The van der Waals surface area contributed by atoms with Gasteiger partial charge < -0.3 is 9.47 Å². The van der Waals surface area contributed by atoms with Crippen molar-refractivity contribution < 1.29 is 14.4 Å². The summed E-state index contributed by atoms with van der Waals surface area (Å²) in [5.41, 5.74) is -0.108. The van der Waals surface area contributed by atoms with Crippen LogP contribution in [0, 0.1) is 10.1 Å². The lowest BCUT2D eigenvalue weighted by Gasteiger charge is -2.10. The smallest absolute Gasteiger partial charge is 0.288 e. The van der Waals surface area contributed by atoms with Crippen LogP contribution < -0.4 is 4.74 Å². The van der Waals surface area contributed by atoms with Gasteiger partial charge in [0.1, 0.15) is 10.8 Å². The highest BCUT2D eigenvalue weighted by atomic mass is 35.5. The maximum atomic E-state index is 10.6. The number of benzene rings is 1. The first-order chi connectivity index (χ1) is 8.66. The van der Waals surface area contributed by atoms with Gasteiger partial charge in [-0.25, -0.2) is 0 Å². The Morgan fingerprint density at radius 1 is 1.56 bits per heavy atom. The Bertz CT molecular complexity index is 432. The van der Waals surface area contributed by atoms with Gasteiger partial charge in [0.25, 0.3) is 5.69 Å². The second-order valence-electron chi connectivity index (χ2n) is 4.14. The summed E-state index contributed by atoms with van der Waals surface area (Å²) < 4.78 is 11.0. The average molecular weight is 272 g/mol. The zero-order valence-electron chi connectivity index (χ0n) is 9.80. The van der Waals surface area contributed by atoms with Crippen molar-refractivity contribution in [1.29, 1.82) is 0 Å². The molecule has 0 amide bonds. The summed E-state index contributed by atoms with van der Waals surface area (Å²) in [5, 5.41) is 10.7. The number of nitro groups is 1. The molecule has 1 heterocycles. The number of rotatable bonds is 5. The van der Waals surface area contributed by atoms with Crippen LogP contribution in [0.4, 0.5) is 5.69 Å². The quantitative estimate of drug-likeness (QED) is 0.609. The van der Waals surface area contributed by atoms with Crippen molar-refractivity contribution in [2.75, 3.05) is 13.2 Å². The Balaban J connectivity index is 1.85. The number of ether oxygens (including phenoxy) is 2. The number of hydrogen-bond donors (Lipinski definition) is 0. The van der Waals surface area contributed by atoms with Crippen molar-refractivity contribution in [3.63, 3.8) is 0 Å². The average Bonchev–Trinajstić information content (AvgIpc) is 2.81. The second-order valence-corrected chi connectivity index (χ2v) is 4.55. The maximum Gasteiger partial charge on any atom is 0.288 e. The van der Waals surface area contributed by atoms with Crippen LogP contribution in [0.2, 0.25) is 5.02 Å². The third kappa shape index (κ3) is 3.34. The Labute approximate surface area is 110 Å². The van der Waals surface area contributed by atoms with Gasteiger partial charge in [0.05, 0.1) is 17.6 Å². The van der Waals surface area contributed by atoms with Crippen molar-refractivity contribution in [3.05, 3.63) is 33.3 Å². The van der Waals surface area contributed by atoms with Crippen molar-refractivity contribution in [2.24, 2.45) is 0 Å². The van der Waals surface area contributed by atoms with E-state index in [1.54, 1.807) is 6.07 Å². The van der Waals surface area contributed by atoms with E-state index in [9.17, 15) is 10.1 Å². The molecule has 1 aliphatic rings. The van der Waals surface area contributed by atoms with E-state index in [2.05, 4.69) is 0 Å². The third-order valence-electron chi connectivity index (χ3n) is 2.85. The van der Waals surface area contributed by atoms with E-state index in [4.69, 9.17) is 21.1 Å². The molecule has 0 radical (unpaired) electrons. The number of nitrogens with zero attached hydrogens (tertiary/aromatic N) is 1. The molecule has 1 fully saturated rings. The first kappa shape index (κ1) is 13.1. The van der Waals surface area contributed by atoms with E-state index < -0.39 is 4.92 Å². The lowest BCUT2D eigenvalue weighted by atomic mass is 10.2. The fourth-order valence-corrected chi connectivity index (χ4v) is 2.15. The van der Waals surface area contributed by atoms with Gasteiger partial charge in [-0.1, -0.05) is 11.6 Å². The van der Waals surface area contributed by atoms with Crippen LogP contribution in [-0.4, -0.2) is 24.2 Å². The largest absolute Gasteiger partial charge is 0.493 e. The lowest BCUT2D eigenvalue weighted by molar-refractivity contribution is -0.384. The summed E-state index contributed by atoms with van der Waals surface area (Å²) in [6.07, 6.45) is 3.28. The SMILES string of the molecule is O=[N+]([O-])c1ccc(OCCC2CCCO2)cc1Cl. The van der Waals surface area contributed by atoms with Gasteiger partial charge in [0, 0.05) is 25.2 Å². The molecule has 0 aromatic heterocycles. The summed E-state index contributed by atoms with van der Waals surface area (Å²) in [6.45, 7) is 1.35. The predicted molar refractivity (Wildman–Crippen MR) is 67.2 cm³/mol. The molecular formula is C12H14ClNO4. The predicted octanol–water partition coefficient (Wildman–Crippen LogP) is 3.20. The summed E-state index contributed by atoms with van der Waals surface area (Å²) in [5.74, 6) is 0.545. The van der Waals surface area contributed by atoms with E-state index in [0.717, 1.165) is 25.9 Å². The molecule has 1 aromatic rings. The van der Waals surface area contributed by atoms with Gasteiger partial charge in [0.2, 0.25) is 0 Å².